The van der Waals surface area contributed by atoms with Crippen LogP contribution < -0.4 is 11.1 Å². The van der Waals surface area contributed by atoms with E-state index in [2.05, 4.69) is 20.3 Å². The summed E-state index contributed by atoms with van der Waals surface area (Å²) in [5.41, 5.74) is 9.80. The van der Waals surface area contributed by atoms with E-state index in [4.69, 9.17) is 10.7 Å². The molecule has 8 heteroatoms. The van der Waals surface area contributed by atoms with Crippen molar-refractivity contribution in [1.29, 1.82) is 0 Å². The summed E-state index contributed by atoms with van der Waals surface area (Å²) >= 11 is 0. The number of aromatic amines is 1. The highest BCUT2D eigenvalue weighted by molar-refractivity contribution is 6.04. The van der Waals surface area contributed by atoms with Crippen LogP contribution in [0.1, 0.15) is 10.4 Å². The van der Waals surface area contributed by atoms with Crippen molar-refractivity contribution < 1.29 is 4.79 Å². The Labute approximate surface area is 171 Å². The zero-order valence-corrected chi connectivity index (χ0v) is 15.8. The molecule has 0 fully saturated rings. The first-order valence-electron chi connectivity index (χ1n) is 9.30. The molecule has 8 nitrogen and oxygen atoms in total. The fourth-order valence-corrected chi connectivity index (χ4v) is 3.33. The molecule has 0 bridgehead atoms. The predicted octanol–water partition coefficient (Wildman–Crippen LogP) is 3.62. The van der Waals surface area contributed by atoms with E-state index in [0.29, 0.717) is 28.4 Å². The lowest BCUT2D eigenvalue weighted by Gasteiger charge is -2.05. The summed E-state index contributed by atoms with van der Waals surface area (Å²) in [7, 11) is 0. The Bertz CT molecular complexity index is 1320. The lowest BCUT2D eigenvalue weighted by Crippen LogP contribution is -2.12. The maximum atomic E-state index is 12.5. The summed E-state index contributed by atoms with van der Waals surface area (Å²) in [6.45, 7) is 0. The quantitative estimate of drug-likeness (QED) is 0.430. The van der Waals surface area contributed by atoms with Gasteiger partial charge in [-0.2, -0.15) is 0 Å². The van der Waals surface area contributed by atoms with Gasteiger partial charge >= 0.3 is 0 Å². The van der Waals surface area contributed by atoms with Crippen LogP contribution in [0.4, 0.5) is 11.6 Å². The zero-order valence-electron chi connectivity index (χ0n) is 15.8. The van der Waals surface area contributed by atoms with Crippen LogP contribution in [0, 0.1) is 0 Å². The van der Waals surface area contributed by atoms with Gasteiger partial charge in [-0.05, 0) is 36.4 Å². The molecule has 0 aliphatic rings. The molecule has 5 rings (SSSR count). The van der Waals surface area contributed by atoms with E-state index >= 15 is 0 Å². The van der Waals surface area contributed by atoms with Crippen molar-refractivity contribution in [2.45, 2.75) is 0 Å². The Balaban J connectivity index is 1.52. The number of nitrogens with two attached hydrogens (primary N) is 1. The molecular weight excluding hydrogens is 378 g/mol. The first-order valence-corrected chi connectivity index (χ1v) is 9.30. The minimum absolute atomic E-state index is 0.233. The number of H-pyrrole nitrogens is 1. The molecule has 1 aromatic carbocycles. The Morgan fingerprint density at radius 2 is 1.87 bits per heavy atom. The number of rotatable bonds is 4. The van der Waals surface area contributed by atoms with Gasteiger partial charge in [0.1, 0.15) is 22.8 Å². The maximum absolute atomic E-state index is 12.5. The van der Waals surface area contributed by atoms with Crippen molar-refractivity contribution in [3.63, 3.8) is 0 Å². The number of aromatic nitrogens is 5. The Morgan fingerprint density at radius 1 is 1.00 bits per heavy atom. The number of pyridine rings is 1. The number of benzene rings is 1. The minimum Gasteiger partial charge on any atom is -0.382 e. The van der Waals surface area contributed by atoms with E-state index in [1.54, 1.807) is 36.7 Å². The third-order valence-corrected chi connectivity index (χ3v) is 4.75. The van der Waals surface area contributed by atoms with E-state index in [1.165, 1.54) is 0 Å². The van der Waals surface area contributed by atoms with Gasteiger partial charge in [-0.1, -0.05) is 18.2 Å². The summed E-state index contributed by atoms with van der Waals surface area (Å²) in [5.74, 6) is 1.38. The Hall–Kier alpha value is -4.46. The molecule has 0 unspecified atom stereocenters. The average molecular weight is 395 g/mol. The van der Waals surface area contributed by atoms with Crippen molar-refractivity contribution in [2.75, 3.05) is 11.1 Å². The van der Waals surface area contributed by atoms with E-state index < -0.39 is 0 Å². The molecule has 0 radical (unpaired) electrons. The zero-order chi connectivity index (χ0) is 20.5. The number of amides is 1. The van der Waals surface area contributed by atoms with Gasteiger partial charge in [-0.25, -0.2) is 15.0 Å². The molecule has 0 aliphatic heterocycles. The van der Waals surface area contributed by atoms with Gasteiger partial charge in [0, 0.05) is 35.9 Å². The van der Waals surface area contributed by atoms with Gasteiger partial charge in [-0.15, -0.1) is 0 Å². The number of carbonyl (C=O) groups is 1. The van der Waals surface area contributed by atoms with Gasteiger partial charge in [0.25, 0.3) is 5.91 Å². The topological polar surface area (TPSA) is 114 Å². The molecule has 0 spiro atoms. The van der Waals surface area contributed by atoms with Crippen LogP contribution >= 0.6 is 0 Å². The summed E-state index contributed by atoms with van der Waals surface area (Å²) in [5, 5.41) is 2.77. The lowest BCUT2D eigenvalue weighted by molar-refractivity contribution is 0.102. The fraction of sp³-hybridized carbons (Fsp3) is 0. The first-order chi connectivity index (χ1) is 14.7. The normalized spacial score (nSPS) is 10.9. The number of anilines is 2. The SMILES string of the molecule is Nc1nccn2c(-c3ccc[nH]3)nc(-c3ccc(C(=O)Nc4ccccn4)cc3)c12. The molecule has 4 heterocycles. The maximum Gasteiger partial charge on any atom is 0.256 e. The molecule has 1 amide bonds. The van der Waals surface area contributed by atoms with Crippen LogP contribution in [-0.4, -0.2) is 30.2 Å². The molecule has 0 saturated heterocycles. The number of imidazole rings is 1. The Morgan fingerprint density at radius 3 is 2.60 bits per heavy atom. The van der Waals surface area contributed by atoms with Crippen molar-refractivity contribution in [2.24, 2.45) is 0 Å². The molecular formula is C22H17N7O. The van der Waals surface area contributed by atoms with E-state index in [9.17, 15) is 4.79 Å². The van der Waals surface area contributed by atoms with Crippen LogP contribution in [0.3, 0.4) is 0 Å². The van der Waals surface area contributed by atoms with Gasteiger partial charge in [0.15, 0.2) is 5.82 Å². The van der Waals surface area contributed by atoms with Gasteiger partial charge in [0.05, 0.1) is 5.69 Å². The number of hydrogen-bond acceptors (Lipinski definition) is 5. The number of hydrogen-bond donors (Lipinski definition) is 3. The smallest absolute Gasteiger partial charge is 0.256 e. The van der Waals surface area contributed by atoms with Gasteiger partial charge in [-0.3, -0.25) is 9.20 Å². The van der Waals surface area contributed by atoms with Gasteiger partial charge < -0.3 is 16.0 Å². The van der Waals surface area contributed by atoms with Gasteiger partial charge in [0.2, 0.25) is 0 Å². The highest BCUT2D eigenvalue weighted by Crippen LogP contribution is 2.31. The van der Waals surface area contributed by atoms with Crippen LogP contribution in [0.5, 0.6) is 0 Å². The van der Waals surface area contributed by atoms with E-state index in [0.717, 1.165) is 17.1 Å². The van der Waals surface area contributed by atoms with Crippen molar-refractivity contribution in [1.82, 2.24) is 24.3 Å². The lowest BCUT2D eigenvalue weighted by atomic mass is 10.1. The molecule has 30 heavy (non-hydrogen) atoms. The van der Waals surface area contributed by atoms with Crippen molar-refractivity contribution in [3.8, 4) is 22.8 Å². The first kappa shape index (κ1) is 17.6. The third-order valence-electron chi connectivity index (χ3n) is 4.75. The Kier molecular flexibility index (Phi) is 4.21. The highest BCUT2D eigenvalue weighted by atomic mass is 16.1. The second-order valence-corrected chi connectivity index (χ2v) is 6.65. The van der Waals surface area contributed by atoms with E-state index in [-0.39, 0.29) is 5.91 Å². The average Bonchev–Trinajstić information content (AvgIpc) is 3.43. The molecule has 0 saturated carbocycles. The van der Waals surface area contributed by atoms with E-state index in [1.807, 2.05) is 47.1 Å². The highest BCUT2D eigenvalue weighted by Gasteiger charge is 2.18. The monoisotopic (exact) mass is 395 g/mol. The molecule has 0 aliphatic carbocycles. The van der Waals surface area contributed by atoms with Crippen LogP contribution in [0.25, 0.3) is 28.3 Å². The predicted molar refractivity (Wildman–Crippen MR) is 115 cm³/mol. The van der Waals surface area contributed by atoms with Crippen LogP contribution in [0.15, 0.2) is 79.4 Å². The van der Waals surface area contributed by atoms with Crippen molar-refractivity contribution >= 4 is 23.1 Å². The molecule has 146 valence electrons. The number of fused-ring (bicyclic) bond motifs is 1. The number of nitrogen functional groups attached to an aromatic ring is 1. The molecule has 0 atom stereocenters. The molecule has 4 N–H and O–H groups in total. The van der Waals surface area contributed by atoms with Crippen LogP contribution in [0.2, 0.25) is 0 Å². The summed E-state index contributed by atoms with van der Waals surface area (Å²) in [4.78, 5) is 28.8. The summed E-state index contributed by atoms with van der Waals surface area (Å²) in [6, 6.07) is 16.4. The third kappa shape index (κ3) is 3.06. The summed E-state index contributed by atoms with van der Waals surface area (Å²) < 4.78 is 1.91. The summed E-state index contributed by atoms with van der Waals surface area (Å²) in [6.07, 6.45) is 6.94. The molecule has 5 aromatic rings. The van der Waals surface area contributed by atoms with Crippen molar-refractivity contribution in [3.05, 3.63) is 84.9 Å². The number of carbonyl (C=O) groups excluding carboxylic acids is 1. The second kappa shape index (κ2) is 7.17. The number of nitrogens with zero attached hydrogens (tertiary/aromatic N) is 4. The van der Waals surface area contributed by atoms with Crippen LogP contribution in [-0.2, 0) is 0 Å². The second-order valence-electron chi connectivity index (χ2n) is 6.65. The largest absolute Gasteiger partial charge is 0.382 e. The minimum atomic E-state index is -0.233. The molecule has 4 aromatic heterocycles. The number of nitrogens with one attached hydrogen (secondary N) is 2. The standard InChI is InChI=1S/C22H17N7O/c23-20-19-18(28-21(16-4-3-11-24-16)29(19)13-12-26-20)14-6-8-15(9-7-14)22(30)27-17-5-1-2-10-25-17/h1-13,24H,(H2,23,26)(H,25,27,30). The fourth-order valence-electron chi connectivity index (χ4n) is 3.33.